The van der Waals surface area contributed by atoms with Crippen molar-refractivity contribution in [2.24, 2.45) is 17.6 Å². The summed E-state index contributed by atoms with van der Waals surface area (Å²) < 4.78 is 0. The smallest absolute Gasteiger partial charge is 0.225 e. The molecular weight excluding hydrogens is 194 g/mol. The van der Waals surface area contributed by atoms with Gasteiger partial charge in [0.25, 0.3) is 0 Å². The summed E-state index contributed by atoms with van der Waals surface area (Å²) in [5, 5.41) is 5.45. The second-order valence-corrected chi connectivity index (χ2v) is 4.45. The molecule has 0 aromatic rings. The number of rotatable bonds is 4. The van der Waals surface area contributed by atoms with Crippen molar-refractivity contribution in [3.8, 4) is 0 Å². The van der Waals surface area contributed by atoms with Crippen molar-refractivity contribution in [3.05, 3.63) is 0 Å². The van der Waals surface area contributed by atoms with Crippen molar-refractivity contribution in [1.29, 1.82) is 0 Å². The second kappa shape index (κ2) is 4.18. The van der Waals surface area contributed by atoms with E-state index in [1.54, 1.807) is 0 Å². The fourth-order valence-corrected chi connectivity index (χ4v) is 1.84. The van der Waals surface area contributed by atoms with Gasteiger partial charge in [-0.25, -0.2) is 0 Å². The number of amides is 2. The molecule has 2 unspecified atom stereocenters. The maximum absolute atomic E-state index is 11.6. The first-order valence-electron chi connectivity index (χ1n) is 5.47. The number of nitrogens with two attached hydrogens (primary N) is 1. The highest BCUT2D eigenvalue weighted by atomic mass is 16.2. The topological polar surface area (TPSA) is 84.2 Å². The third-order valence-corrected chi connectivity index (χ3v) is 3.09. The average molecular weight is 211 g/mol. The summed E-state index contributed by atoms with van der Waals surface area (Å²) in [7, 11) is 0. The van der Waals surface area contributed by atoms with Gasteiger partial charge in [-0.15, -0.1) is 0 Å². The molecule has 0 spiro atoms. The van der Waals surface area contributed by atoms with E-state index >= 15 is 0 Å². The summed E-state index contributed by atoms with van der Waals surface area (Å²) in [6.45, 7) is 0.998. The quantitative estimate of drug-likeness (QED) is 0.556. The molecule has 0 radical (unpaired) electrons. The maximum Gasteiger partial charge on any atom is 0.225 e. The SMILES string of the molecule is NC(CNC(=O)C1CNC(=O)C1)C1CC1. The lowest BCUT2D eigenvalue weighted by atomic mass is 10.1. The summed E-state index contributed by atoms with van der Waals surface area (Å²) in [5.41, 5.74) is 5.86. The van der Waals surface area contributed by atoms with Gasteiger partial charge in [0, 0.05) is 25.6 Å². The van der Waals surface area contributed by atoms with Crippen LogP contribution in [0.2, 0.25) is 0 Å². The van der Waals surface area contributed by atoms with E-state index in [1.165, 1.54) is 12.8 Å². The van der Waals surface area contributed by atoms with Gasteiger partial charge in [-0.2, -0.15) is 0 Å². The van der Waals surface area contributed by atoms with Crippen LogP contribution in [0, 0.1) is 11.8 Å². The molecule has 2 amide bonds. The molecule has 15 heavy (non-hydrogen) atoms. The van der Waals surface area contributed by atoms with E-state index in [1.807, 2.05) is 0 Å². The van der Waals surface area contributed by atoms with Crippen LogP contribution >= 0.6 is 0 Å². The van der Waals surface area contributed by atoms with Gasteiger partial charge in [-0.05, 0) is 18.8 Å². The molecule has 0 aromatic heterocycles. The number of carbonyl (C=O) groups excluding carboxylic acids is 2. The van der Waals surface area contributed by atoms with Crippen molar-refractivity contribution in [2.75, 3.05) is 13.1 Å². The predicted octanol–water partition coefficient (Wildman–Crippen LogP) is -1.02. The standard InChI is InChI=1S/C10H17N3O2/c11-8(6-1-2-6)5-13-10(15)7-3-9(14)12-4-7/h6-8H,1-5,11H2,(H,12,14)(H,13,15). The van der Waals surface area contributed by atoms with E-state index in [2.05, 4.69) is 10.6 Å². The van der Waals surface area contributed by atoms with E-state index in [9.17, 15) is 9.59 Å². The molecule has 4 N–H and O–H groups in total. The molecule has 1 saturated carbocycles. The fraction of sp³-hybridized carbons (Fsp3) is 0.800. The lowest BCUT2D eigenvalue weighted by molar-refractivity contribution is -0.126. The van der Waals surface area contributed by atoms with Crippen molar-refractivity contribution < 1.29 is 9.59 Å². The van der Waals surface area contributed by atoms with Gasteiger partial charge in [0.2, 0.25) is 11.8 Å². The Balaban J connectivity index is 1.69. The van der Waals surface area contributed by atoms with Crippen molar-refractivity contribution >= 4 is 11.8 Å². The van der Waals surface area contributed by atoms with Gasteiger partial charge in [0.1, 0.15) is 0 Å². The Morgan fingerprint density at radius 2 is 2.33 bits per heavy atom. The molecule has 5 nitrogen and oxygen atoms in total. The van der Waals surface area contributed by atoms with E-state index in [4.69, 9.17) is 5.73 Å². The molecule has 1 heterocycles. The van der Waals surface area contributed by atoms with Gasteiger partial charge in [0.05, 0.1) is 5.92 Å². The number of carbonyl (C=O) groups is 2. The van der Waals surface area contributed by atoms with Crippen LogP contribution in [0.5, 0.6) is 0 Å². The summed E-state index contributed by atoms with van der Waals surface area (Å²) in [5.74, 6) is 0.295. The number of hydrogen-bond acceptors (Lipinski definition) is 3. The van der Waals surface area contributed by atoms with Crippen LogP contribution in [0.15, 0.2) is 0 Å². The van der Waals surface area contributed by atoms with Crippen LogP contribution in [0.3, 0.4) is 0 Å². The molecule has 2 rings (SSSR count). The Hall–Kier alpha value is -1.10. The first kappa shape index (κ1) is 10.4. The Bertz CT molecular complexity index is 276. The summed E-state index contributed by atoms with van der Waals surface area (Å²) in [6.07, 6.45) is 2.67. The first-order chi connectivity index (χ1) is 7.16. The van der Waals surface area contributed by atoms with Gasteiger partial charge in [-0.3, -0.25) is 9.59 Å². The monoisotopic (exact) mass is 211 g/mol. The van der Waals surface area contributed by atoms with E-state index in [0.29, 0.717) is 25.4 Å². The van der Waals surface area contributed by atoms with Crippen molar-refractivity contribution in [2.45, 2.75) is 25.3 Å². The second-order valence-electron chi connectivity index (χ2n) is 4.45. The fourth-order valence-electron chi connectivity index (χ4n) is 1.84. The Morgan fingerprint density at radius 3 is 2.87 bits per heavy atom. The Labute approximate surface area is 88.8 Å². The Kier molecular flexibility index (Phi) is 2.90. The van der Waals surface area contributed by atoms with Gasteiger partial charge in [-0.1, -0.05) is 0 Å². The summed E-state index contributed by atoms with van der Waals surface area (Å²) in [4.78, 5) is 22.5. The lowest BCUT2D eigenvalue weighted by Gasteiger charge is -2.13. The summed E-state index contributed by atoms with van der Waals surface area (Å²) in [6, 6.07) is 0.0824. The molecule has 0 bridgehead atoms. The highest BCUT2D eigenvalue weighted by molar-refractivity contribution is 5.89. The predicted molar refractivity (Wildman–Crippen MR) is 54.8 cm³/mol. The molecule has 84 valence electrons. The van der Waals surface area contributed by atoms with Crippen LogP contribution in [0.4, 0.5) is 0 Å². The molecular formula is C10H17N3O2. The number of hydrogen-bond donors (Lipinski definition) is 3. The van der Waals surface area contributed by atoms with E-state index < -0.39 is 0 Å². The average Bonchev–Trinajstić information content (AvgIpc) is 2.97. The van der Waals surface area contributed by atoms with Crippen LogP contribution in [0.25, 0.3) is 0 Å². The zero-order chi connectivity index (χ0) is 10.8. The molecule has 5 heteroatoms. The van der Waals surface area contributed by atoms with E-state index in [0.717, 1.165) is 0 Å². The van der Waals surface area contributed by atoms with Gasteiger partial charge >= 0.3 is 0 Å². The molecule has 1 aliphatic heterocycles. The van der Waals surface area contributed by atoms with Crippen molar-refractivity contribution in [3.63, 3.8) is 0 Å². The molecule has 2 aliphatic rings. The molecule has 2 atom stereocenters. The minimum Gasteiger partial charge on any atom is -0.355 e. The highest BCUT2D eigenvalue weighted by Gasteiger charge is 2.31. The van der Waals surface area contributed by atoms with Gasteiger partial charge < -0.3 is 16.4 Å². The normalized spacial score (nSPS) is 27.3. The van der Waals surface area contributed by atoms with Crippen LogP contribution in [-0.2, 0) is 9.59 Å². The van der Waals surface area contributed by atoms with Gasteiger partial charge in [0.15, 0.2) is 0 Å². The molecule has 1 saturated heterocycles. The largest absolute Gasteiger partial charge is 0.355 e. The zero-order valence-electron chi connectivity index (χ0n) is 8.66. The number of nitrogens with one attached hydrogen (secondary N) is 2. The molecule has 1 aliphatic carbocycles. The molecule has 2 fully saturated rings. The third-order valence-electron chi connectivity index (χ3n) is 3.09. The highest BCUT2D eigenvalue weighted by Crippen LogP contribution is 2.31. The zero-order valence-corrected chi connectivity index (χ0v) is 8.66. The van der Waals surface area contributed by atoms with Crippen molar-refractivity contribution in [1.82, 2.24) is 10.6 Å². The minimum absolute atomic E-state index is 0.0401. The summed E-state index contributed by atoms with van der Waals surface area (Å²) >= 11 is 0. The lowest BCUT2D eigenvalue weighted by Crippen LogP contribution is -2.41. The third kappa shape index (κ3) is 2.68. The first-order valence-corrected chi connectivity index (χ1v) is 5.47. The van der Waals surface area contributed by atoms with Crippen LogP contribution in [0.1, 0.15) is 19.3 Å². The van der Waals surface area contributed by atoms with E-state index in [-0.39, 0.29) is 23.8 Å². The van der Waals surface area contributed by atoms with Crippen LogP contribution in [-0.4, -0.2) is 30.9 Å². The minimum atomic E-state index is -0.205. The molecule has 0 aromatic carbocycles. The Morgan fingerprint density at radius 1 is 1.60 bits per heavy atom. The maximum atomic E-state index is 11.6. The van der Waals surface area contributed by atoms with Crippen LogP contribution < -0.4 is 16.4 Å².